The highest BCUT2D eigenvalue weighted by molar-refractivity contribution is 5.96. The molecule has 1 aliphatic rings. The van der Waals surface area contributed by atoms with Gasteiger partial charge in [0.2, 0.25) is 0 Å². The van der Waals surface area contributed by atoms with Crippen LogP contribution in [0.2, 0.25) is 0 Å². The molecule has 2 aromatic carbocycles. The third kappa shape index (κ3) is 3.31. The van der Waals surface area contributed by atoms with Gasteiger partial charge in [0, 0.05) is 19.7 Å². The van der Waals surface area contributed by atoms with E-state index in [-0.39, 0.29) is 5.56 Å². The molecule has 0 fully saturated rings. The number of ether oxygens (including phenoxy) is 3. The fourth-order valence-electron chi connectivity index (χ4n) is 5.15. The normalized spacial score (nSPS) is 16.8. The van der Waals surface area contributed by atoms with Gasteiger partial charge in [-0.2, -0.15) is 0 Å². The summed E-state index contributed by atoms with van der Waals surface area (Å²) < 4.78 is 22.5. The minimum absolute atomic E-state index is 0.337. The smallest absolute Gasteiger partial charge is 0.331 e. The maximum absolute atomic E-state index is 13.6. The molecule has 8 nitrogen and oxygen atoms in total. The van der Waals surface area contributed by atoms with Crippen molar-refractivity contribution in [3.8, 4) is 22.8 Å². The van der Waals surface area contributed by atoms with Gasteiger partial charge in [-0.15, -0.1) is 0 Å². The van der Waals surface area contributed by atoms with Crippen molar-refractivity contribution in [1.82, 2.24) is 13.7 Å². The summed E-state index contributed by atoms with van der Waals surface area (Å²) in [6.07, 6.45) is -0.592. The Morgan fingerprint density at radius 3 is 2.34 bits per heavy atom. The summed E-state index contributed by atoms with van der Waals surface area (Å²) in [6.45, 7) is 4.53. The van der Waals surface area contributed by atoms with Gasteiger partial charge in [-0.05, 0) is 37.6 Å². The number of methoxy groups -OCH3 is 2. The van der Waals surface area contributed by atoms with Gasteiger partial charge < -0.3 is 18.8 Å². The van der Waals surface area contributed by atoms with Gasteiger partial charge in [-0.25, -0.2) is 4.79 Å². The summed E-state index contributed by atoms with van der Waals surface area (Å²) in [5.74, 6) is 1.29. The van der Waals surface area contributed by atoms with Gasteiger partial charge >= 0.3 is 5.69 Å². The zero-order valence-electron chi connectivity index (χ0n) is 20.8. The van der Waals surface area contributed by atoms with E-state index in [9.17, 15) is 9.59 Å². The quantitative estimate of drug-likeness (QED) is 0.451. The van der Waals surface area contributed by atoms with Gasteiger partial charge in [0.1, 0.15) is 17.6 Å². The molecule has 2 aromatic heterocycles. The molecule has 0 radical (unpaired) electrons. The van der Waals surface area contributed by atoms with E-state index in [2.05, 4.69) is 18.4 Å². The first kappa shape index (κ1) is 23.0. The van der Waals surface area contributed by atoms with E-state index in [1.807, 2.05) is 48.5 Å². The molecule has 3 heterocycles. The van der Waals surface area contributed by atoms with E-state index in [0.29, 0.717) is 29.0 Å². The highest BCUT2D eigenvalue weighted by Gasteiger charge is 2.41. The fraction of sp³-hybridized carbons (Fsp3) is 0.333. The van der Waals surface area contributed by atoms with E-state index in [1.54, 1.807) is 25.8 Å². The zero-order valence-corrected chi connectivity index (χ0v) is 20.8. The van der Waals surface area contributed by atoms with Crippen molar-refractivity contribution in [2.75, 3.05) is 20.8 Å². The standard InChI is InChI=1S/C27H29N3O5/c1-27(2)15-35-24(18-14-17(33-5)12-13-19(18)34-6)23-22-20(25(31)29(4)26(32)28(22)3)21(30(23)27)16-10-8-7-9-11-16/h7-14,24H,15H2,1-6H3. The first-order valence-electron chi connectivity index (χ1n) is 11.4. The molecule has 0 spiro atoms. The Hall–Kier alpha value is -3.78. The number of benzene rings is 2. The van der Waals surface area contributed by atoms with E-state index in [4.69, 9.17) is 14.2 Å². The van der Waals surface area contributed by atoms with Crippen LogP contribution in [0.1, 0.15) is 31.2 Å². The lowest BCUT2D eigenvalue weighted by molar-refractivity contribution is -0.00807. The van der Waals surface area contributed by atoms with Crippen LogP contribution in [0.4, 0.5) is 0 Å². The average molecular weight is 476 g/mol. The third-order valence-electron chi connectivity index (χ3n) is 6.83. The first-order chi connectivity index (χ1) is 16.7. The van der Waals surface area contributed by atoms with Crippen molar-refractivity contribution in [3.05, 3.63) is 80.6 Å². The van der Waals surface area contributed by atoms with E-state index in [1.165, 1.54) is 7.05 Å². The summed E-state index contributed by atoms with van der Waals surface area (Å²) in [6, 6.07) is 15.4. The minimum Gasteiger partial charge on any atom is -0.497 e. The van der Waals surface area contributed by atoms with Gasteiger partial charge in [0.15, 0.2) is 0 Å². The summed E-state index contributed by atoms with van der Waals surface area (Å²) in [4.78, 5) is 26.7. The van der Waals surface area contributed by atoms with E-state index in [0.717, 1.165) is 27.1 Å². The van der Waals surface area contributed by atoms with Crippen molar-refractivity contribution < 1.29 is 14.2 Å². The number of fused-ring (bicyclic) bond motifs is 3. The topological polar surface area (TPSA) is 76.6 Å². The largest absolute Gasteiger partial charge is 0.497 e. The molecule has 182 valence electrons. The van der Waals surface area contributed by atoms with E-state index < -0.39 is 17.3 Å². The van der Waals surface area contributed by atoms with Crippen LogP contribution >= 0.6 is 0 Å². The molecule has 1 aliphatic heterocycles. The Morgan fingerprint density at radius 2 is 1.69 bits per heavy atom. The molecule has 0 amide bonds. The number of hydrogen-bond donors (Lipinski definition) is 0. The number of hydrogen-bond acceptors (Lipinski definition) is 5. The zero-order chi connectivity index (χ0) is 25.1. The number of nitrogens with zero attached hydrogens (tertiary/aromatic N) is 3. The van der Waals surface area contributed by atoms with Crippen molar-refractivity contribution in [2.45, 2.75) is 25.5 Å². The van der Waals surface area contributed by atoms with Gasteiger partial charge in [0.05, 0.1) is 48.7 Å². The van der Waals surface area contributed by atoms with Gasteiger partial charge in [0.25, 0.3) is 5.56 Å². The second-order valence-electron chi connectivity index (χ2n) is 9.48. The Labute approximate surface area is 202 Å². The lowest BCUT2D eigenvalue weighted by atomic mass is 9.97. The summed E-state index contributed by atoms with van der Waals surface area (Å²) >= 11 is 0. The number of aromatic nitrogens is 3. The predicted molar refractivity (Wildman–Crippen MR) is 135 cm³/mol. The summed E-state index contributed by atoms with van der Waals surface area (Å²) in [7, 11) is 6.42. The number of aryl methyl sites for hydroxylation is 1. The minimum atomic E-state index is -0.592. The maximum atomic E-state index is 13.6. The van der Waals surface area contributed by atoms with Crippen LogP contribution in [0.15, 0.2) is 58.1 Å². The molecule has 0 aliphatic carbocycles. The average Bonchev–Trinajstić information content (AvgIpc) is 3.24. The molecule has 0 N–H and O–H groups in total. The van der Waals surface area contributed by atoms with Crippen LogP contribution in [-0.4, -0.2) is 34.5 Å². The number of rotatable bonds is 4. The lowest BCUT2D eigenvalue weighted by Gasteiger charge is -2.39. The molecule has 0 saturated carbocycles. The molecule has 8 heteroatoms. The highest BCUT2D eigenvalue weighted by Crippen LogP contribution is 2.47. The molecule has 4 aromatic rings. The molecular formula is C27H29N3O5. The van der Waals surface area contributed by atoms with Crippen LogP contribution in [0.25, 0.3) is 22.2 Å². The predicted octanol–water partition coefficient (Wildman–Crippen LogP) is 3.58. The van der Waals surface area contributed by atoms with Crippen molar-refractivity contribution in [2.24, 2.45) is 14.1 Å². The third-order valence-corrected chi connectivity index (χ3v) is 6.83. The van der Waals surface area contributed by atoms with Crippen molar-refractivity contribution in [3.63, 3.8) is 0 Å². The molecule has 1 unspecified atom stereocenters. The van der Waals surface area contributed by atoms with Crippen LogP contribution in [-0.2, 0) is 24.4 Å². The van der Waals surface area contributed by atoms with Crippen LogP contribution in [0.5, 0.6) is 11.5 Å². The molecular weight excluding hydrogens is 446 g/mol. The molecule has 0 saturated heterocycles. The molecule has 0 bridgehead atoms. The van der Waals surface area contributed by atoms with Gasteiger partial charge in [-0.1, -0.05) is 30.3 Å². The first-order valence-corrected chi connectivity index (χ1v) is 11.4. The van der Waals surface area contributed by atoms with Crippen LogP contribution in [0.3, 0.4) is 0 Å². The summed E-state index contributed by atoms with van der Waals surface area (Å²) in [5, 5.41) is 0.487. The van der Waals surface area contributed by atoms with Gasteiger partial charge in [-0.3, -0.25) is 13.9 Å². The maximum Gasteiger partial charge on any atom is 0.331 e. The molecule has 1 atom stereocenters. The highest BCUT2D eigenvalue weighted by atomic mass is 16.5. The van der Waals surface area contributed by atoms with Crippen molar-refractivity contribution >= 4 is 10.9 Å². The Balaban J connectivity index is 2.00. The van der Waals surface area contributed by atoms with Crippen LogP contribution < -0.4 is 20.7 Å². The lowest BCUT2D eigenvalue weighted by Crippen LogP contribution is -2.40. The monoisotopic (exact) mass is 475 g/mol. The second-order valence-corrected chi connectivity index (χ2v) is 9.48. The second kappa shape index (κ2) is 8.16. The van der Waals surface area contributed by atoms with Crippen LogP contribution in [0, 0.1) is 0 Å². The Morgan fingerprint density at radius 1 is 0.971 bits per heavy atom. The fourth-order valence-corrected chi connectivity index (χ4v) is 5.15. The SMILES string of the molecule is COc1ccc(OC)c(C2OCC(C)(C)n3c(-c4ccccc4)c4c(=O)n(C)c(=O)n(C)c4c32)c1. The molecule has 5 rings (SSSR count). The molecule has 35 heavy (non-hydrogen) atoms. The Bertz CT molecular complexity index is 1560. The Kier molecular flexibility index (Phi) is 5.36. The summed E-state index contributed by atoms with van der Waals surface area (Å²) in [5.41, 5.74) is 2.49. The van der Waals surface area contributed by atoms with Crippen molar-refractivity contribution in [1.29, 1.82) is 0 Å². The van der Waals surface area contributed by atoms with E-state index >= 15 is 0 Å².